The van der Waals surface area contributed by atoms with E-state index < -0.39 is 0 Å². The second-order valence-electron chi connectivity index (χ2n) is 7.79. The third kappa shape index (κ3) is 5.33. The van der Waals surface area contributed by atoms with Gasteiger partial charge in [-0.2, -0.15) is 0 Å². The molecule has 2 amide bonds. The van der Waals surface area contributed by atoms with E-state index in [2.05, 4.69) is 26.0 Å². The van der Waals surface area contributed by atoms with Crippen molar-refractivity contribution in [2.45, 2.75) is 65.2 Å². The normalized spacial score (nSPS) is 17.1. The van der Waals surface area contributed by atoms with Crippen LogP contribution in [0.3, 0.4) is 0 Å². The predicted octanol–water partition coefficient (Wildman–Crippen LogP) is 4.59. The molecule has 0 aromatic heterocycles. The molecular formula is C22H34N2O2. The van der Waals surface area contributed by atoms with Gasteiger partial charge in [-0.15, -0.1) is 0 Å². The van der Waals surface area contributed by atoms with Crippen molar-refractivity contribution >= 4 is 17.5 Å². The molecule has 0 saturated carbocycles. The first-order valence-electron chi connectivity index (χ1n) is 10.0. The topological polar surface area (TPSA) is 40.6 Å². The van der Waals surface area contributed by atoms with Gasteiger partial charge in [0.05, 0.1) is 0 Å². The highest BCUT2D eigenvalue weighted by atomic mass is 16.2. The van der Waals surface area contributed by atoms with E-state index in [1.54, 1.807) is 11.8 Å². The minimum absolute atomic E-state index is 0.0881. The molecule has 0 N–H and O–H groups in total. The predicted molar refractivity (Wildman–Crippen MR) is 107 cm³/mol. The van der Waals surface area contributed by atoms with Gasteiger partial charge in [0, 0.05) is 45.1 Å². The van der Waals surface area contributed by atoms with Crippen molar-refractivity contribution in [1.82, 2.24) is 4.90 Å². The molecule has 1 aliphatic heterocycles. The van der Waals surface area contributed by atoms with E-state index in [0.717, 1.165) is 31.6 Å². The van der Waals surface area contributed by atoms with Gasteiger partial charge in [-0.1, -0.05) is 57.7 Å². The van der Waals surface area contributed by atoms with Crippen LogP contribution in [-0.4, -0.2) is 36.9 Å². The maximum atomic E-state index is 12.9. The summed E-state index contributed by atoms with van der Waals surface area (Å²) in [6, 6.07) is 8.24. The number of amides is 2. The summed E-state index contributed by atoms with van der Waals surface area (Å²) in [6.45, 7) is 7.46. The molecule has 0 spiro atoms. The summed E-state index contributed by atoms with van der Waals surface area (Å²) < 4.78 is 0. The Balaban J connectivity index is 1.99. The van der Waals surface area contributed by atoms with Crippen LogP contribution in [0.25, 0.3) is 0 Å². The summed E-state index contributed by atoms with van der Waals surface area (Å²) in [5.41, 5.74) is 2.31. The second kappa shape index (κ2) is 9.75. The van der Waals surface area contributed by atoms with Gasteiger partial charge < -0.3 is 9.80 Å². The third-order valence-corrected chi connectivity index (χ3v) is 5.55. The van der Waals surface area contributed by atoms with E-state index in [4.69, 9.17) is 0 Å². The molecule has 26 heavy (non-hydrogen) atoms. The van der Waals surface area contributed by atoms with Gasteiger partial charge in [0.2, 0.25) is 11.8 Å². The Hall–Kier alpha value is -1.84. The first-order valence-corrected chi connectivity index (χ1v) is 10.0. The highest BCUT2D eigenvalue weighted by molar-refractivity contribution is 5.96. The van der Waals surface area contributed by atoms with Crippen LogP contribution < -0.4 is 4.90 Å². The Labute approximate surface area is 158 Å². The zero-order valence-corrected chi connectivity index (χ0v) is 16.8. The standard InChI is InChI=1S/C22H34N2O2/c1-5-6-7-10-17(2)15-22(26)24-16-19(13-14-23(4)18(3)25)20-11-8-9-12-21(20)24/h8-9,11-12,17,19H,5-7,10,13-16H2,1-4H3. The molecule has 0 bridgehead atoms. The molecule has 1 aromatic rings. The summed E-state index contributed by atoms with van der Waals surface area (Å²) >= 11 is 0. The van der Waals surface area contributed by atoms with Gasteiger partial charge in [-0.05, 0) is 24.0 Å². The van der Waals surface area contributed by atoms with E-state index in [1.165, 1.54) is 24.8 Å². The van der Waals surface area contributed by atoms with Crippen molar-refractivity contribution in [3.8, 4) is 0 Å². The molecule has 1 aliphatic rings. The van der Waals surface area contributed by atoms with E-state index >= 15 is 0 Å². The van der Waals surface area contributed by atoms with Crippen LogP contribution in [0.15, 0.2) is 24.3 Å². The van der Waals surface area contributed by atoms with Crippen LogP contribution in [0.1, 0.15) is 70.8 Å². The zero-order chi connectivity index (χ0) is 19.1. The lowest BCUT2D eigenvalue weighted by molar-refractivity contribution is -0.127. The number of carbonyl (C=O) groups excluding carboxylic acids is 2. The Morgan fingerprint density at radius 1 is 1.27 bits per heavy atom. The molecule has 2 unspecified atom stereocenters. The summed E-state index contributed by atoms with van der Waals surface area (Å²) in [5.74, 6) is 1.07. The minimum atomic E-state index is 0.0881. The molecule has 0 fully saturated rings. The van der Waals surface area contributed by atoms with Gasteiger partial charge in [-0.25, -0.2) is 0 Å². The molecule has 1 aromatic carbocycles. The number of rotatable bonds is 9. The Bertz CT molecular complexity index is 614. The fourth-order valence-electron chi connectivity index (χ4n) is 3.74. The number of unbranched alkanes of at least 4 members (excludes halogenated alkanes) is 2. The molecule has 4 nitrogen and oxygen atoms in total. The van der Waals surface area contributed by atoms with Crippen molar-refractivity contribution in [2.24, 2.45) is 5.92 Å². The number of fused-ring (bicyclic) bond motifs is 1. The Morgan fingerprint density at radius 2 is 2.00 bits per heavy atom. The minimum Gasteiger partial charge on any atom is -0.346 e. The van der Waals surface area contributed by atoms with E-state index in [9.17, 15) is 9.59 Å². The molecule has 2 rings (SSSR count). The largest absolute Gasteiger partial charge is 0.346 e. The monoisotopic (exact) mass is 358 g/mol. The lowest BCUT2D eigenvalue weighted by Gasteiger charge is -2.21. The fourth-order valence-corrected chi connectivity index (χ4v) is 3.74. The average molecular weight is 359 g/mol. The van der Waals surface area contributed by atoms with Gasteiger partial charge >= 0.3 is 0 Å². The number of para-hydroxylation sites is 1. The number of benzene rings is 1. The van der Waals surface area contributed by atoms with Gasteiger partial charge in [0.15, 0.2) is 0 Å². The van der Waals surface area contributed by atoms with Gasteiger partial charge in [0.1, 0.15) is 0 Å². The summed E-state index contributed by atoms with van der Waals surface area (Å²) in [5, 5.41) is 0. The Morgan fingerprint density at radius 3 is 2.69 bits per heavy atom. The first-order chi connectivity index (χ1) is 12.4. The molecule has 0 radical (unpaired) electrons. The third-order valence-electron chi connectivity index (χ3n) is 5.55. The number of nitrogens with zero attached hydrogens (tertiary/aromatic N) is 2. The molecule has 2 atom stereocenters. The zero-order valence-electron chi connectivity index (χ0n) is 16.8. The van der Waals surface area contributed by atoms with Crippen molar-refractivity contribution in [3.63, 3.8) is 0 Å². The van der Waals surface area contributed by atoms with Crippen LogP contribution in [0, 0.1) is 5.92 Å². The lowest BCUT2D eigenvalue weighted by atomic mass is 9.98. The smallest absolute Gasteiger partial charge is 0.227 e. The number of hydrogen-bond donors (Lipinski definition) is 0. The first kappa shape index (κ1) is 20.5. The van der Waals surface area contributed by atoms with Crippen molar-refractivity contribution in [3.05, 3.63) is 29.8 Å². The molecule has 144 valence electrons. The summed E-state index contributed by atoms with van der Waals surface area (Å²) in [7, 11) is 1.84. The fraction of sp³-hybridized carbons (Fsp3) is 0.636. The number of anilines is 1. The van der Waals surface area contributed by atoms with Crippen molar-refractivity contribution < 1.29 is 9.59 Å². The van der Waals surface area contributed by atoms with Crippen LogP contribution in [0.5, 0.6) is 0 Å². The van der Waals surface area contributed by atoms with E-state index in [0.29, 0.717) is 18.3 Å². The molecule has 0 saturated heterocycles. The summed E-state index contributed by atoms with van der Waals surface area (Å²) in [6.07, 6.45) is 6.32. The van der Waals surface area contributed by atoms with Crippen molar-refractivity contribution in [1.29, 1.82) is 0 Å². The van der Waals surface area contributed by atoms with Crippen LogP contribution in [0.4, 0.5) is 5.69 Å². The van der Waals surface area contributed by atoms with Gasteiger partial charge in [0.25, 0.3) is 0 Å². The molecule has 1 heterocycles. The maximum Gasteiger partial charge on any atom is 0.227 e. The number of hydrogen-bond acceptors (Lipinski definition) is 2. The average Bonchev–Trinajstić information content (AvgIpc) is 2.98. The van der Waals surface area contributed by atoms with Crippen LogP contribution in [0.2, 0.25) is 0 Å². The lowest BCUT2D eigenvalue weighted by Crippen LogP contribution is -2.32. The molecule has 4 heteroatoms. The Kier molecular flexibility index (Phi) is 7.67. The van der Waals surface area contributed by atoms with Crippen LogP contribution >= 0.6 is 0 Å². The van der Waals surface area contributed by atoms with E-state index in [-0.39, 0.29) is 11.8 Å². The molecular weight excluding hydrogens is 324 g/mol. The molecule has 0 aliphatic carbocycles. The maximum absolute atomic E-state index is 12.9. The highest BCUT2D eigenvalue weighted by Crippen LogP contribution is 2.38. The quantitative estimate of drug-likeness (QED) is 0.606. The highest BCUT2D eigenvalue weighted by Gasteiger charge is 2.32. The summed E-state index contributed by atoms with van der Waals surface area (Å²) in [4.78, 5) is 28.1. The second-order valence-corrected chi connectivity index (χ2v) is 7.79. The van der Waals surface area contributed by atoms with Crippen molar-refractivity contribution in [2.75, 3.05) is 25.0 Å². The number of carbonyl (C=O) groups is 2. The van der Waals surface area contributed by atoms with E-state index in [1.807, 2.05) is 24.1 Å². The SMILES string of the molecule is CCCCCC(C)CC(=O)N1CC(CCN(C)C(C)=O)c2ccccc21. The van der Waals surface area contributed by atoms with Gasteiger partial charge in [-0.3, -0.25) is 9.59 Å². The van der Waals surface area contributed by atoms with Crippen LogP contribution in [-0.2, 0) is 9.59 Å².